The first kappa shape index (κ1) is 21.6. The van der Waals surface area contributed by atoms with E-state index in [1.807, 2.05) is 32.0 Å². The van der Waals surface area contributed by atoms with Gasteiger partial charge in [0.15, 0.2) is 6.61 Å². The van der Waals surface area contributed by atoms with Gasteiger partial charge in [-0.05, 0) is 55.5 Å². The minimum absolute atomic E-state index is 0.00941. The molecule has 29 heavy (non-hydrogen) atoms. The van der Waals surface area contributed by atoms with E-state index in [2.05, 4.69) is 5.32 Å². The van der Waals surface area contributed by atoms with Crippen LogP contribution in [0.1, 0.15) is 30.9 Å². The summed E-state index contributed by atoms with van der Waals surface area (Å²) in [5.74, 6) is -0.231. The molecule has 3 rings (SSSR count). The highest BCUT2D eigenvalue weighted by molar-refractivity contribution is 7.89. The number of amides is 1. The third-order valence-corrected chi connectivity index (χ3v) is 7.11. The van der Waals surface area contributed by atoms with Gasteiger partial charge in [0.2, 0.25) is 10.0 Å². The van der Waals surface area contributed by atoms with Crippen molar-refractivity contribution in [3.05, 3.63) is 52.5 Å². The highest BCUT2D eigenvalue weighted by atomic mass is 35.5. The van der Waals surface area contributed by atoms with Crippen molar-refractivity contribution in [2.75, 3.05) is 25.0 Å². The Morgan fingerprint density at radius 3 is 2.62 bits per heavy atom. The number of nitrogens with zero attached hydrogens (tertiary/aromatic N) is 1. The Hall–Kier alpha value is -2.09. The van der Waals surface area contributed by atoms with E-state index in [9.17, 15) is 13.2 Å². The first-order valence-corrected chi connectivity index (χ1v) is 11.5. The summed E-state index contributed by atoms with van der Waals surface area (Å²) >= 11 is 6.03. The lowest BCUT2D eigenvalue weighted by Gasteiger charge is -2.19. The number of nitrogens with one attached hydrogen (secondary N) is 1. The molecular weight excluding hydrogens is 412 g/mol. The number of hydrogen-bond acceptors (Lipinski definition) is 4. The summed E-state index contributed by atoms with van der Waals surface area (Å²) in [5, 5.41) is 3.17. The maximum atomic E-state index is 13.0. The average molecular weight is 437 g/mol. The van der Waals surface area contributed by atoms with Crippen molar-refractivity contribution in [3.63, 3.8) is 0 Å². The fraction of sp³-hybridized carbons (Fsp3) is 0.381. The smallest absolute Gasteiger partial charge is 0.262 e. The molecular formula is C21H25ClN2O4S. The Labute approximate surface area is 176 Å². The van der Waals surface area contributed by atoms with E-state index in [0.29, 0.717) is 18.1 Å². The van der Waals surface area contributed by atoms with Gasteiger partial charge in [-0.25, -0.2) is 8.42 Å². The fourth-order valence-electron chi connectivity index (χ4n) is 3.39. The summed E-state index contributed by atoms with van der Waals surface area (Å²) in [4.78, 5) is 12.5. The second kappa shape index (κ2) is 9.15. The zero-order chi connectivity index (χ0) is 21.0. The number of carbonyl (C=O) groups is 1. The molecule has 1 aliphatic rings. The van der Waals surface area contributed by atoms with Crippen molar-refractivity contribution in [1.29, 1.82) is 0 Å². The zero-order valence-corrected chi connectivity index (χ0v) is 18.1. The highest BCUT2D eigenvalue weighted by Gasteiger charge is 2.30. The van der Waals surface area contributed by atoms with E-state index in [1.54, 1.807) is 6.07 Å². The summed E-state index contributed by atoms with van der Waals surface area (Å²) in [6, 6.07) is 10.2. The van der Waals surface area contributed by atoms with Crippen LogP contribution in [0.15, 0.2) is 41.3 Å². The van der Waals surface area contributed by atoms with E-state index in [1.165, 1.54) is 16.4 Å². The fourth-order valence-corrected chi connectivity index (χ4v) is 5.30. The summed E-state index contributed by atoms with van der Waals surface area (Å²) in [6.07, 6.45) is 2.44. The van der Waals surface area contributed by atoms with Crippen LogP contribution >= 0.6 is 11.6 Å². The Morgan fingerprint density at radius 2 is 1.93 bits per heavy atom. The van der Waals surface area contributed by atoms with Crippen LogP contribution in [0.3, 0.4) is 0 Å². The van der Waals surface area contributed by atoms with E-state index < -0.39 is 10.0 Å². The van der Waals surface area contributed by atoms with Crippen molar-refractivity contribution in [2.45, 2.75) is 38.0 Å². The second-order valence-electron chi connectivity index (χ2n) is 7.00. The quantitative estimate of drug-likeness (QED) is 0.711. The van der Waals surface area contributed by atoms with E-state index >= 15 is 0 Å². The second-order valence-corrected chi connectivity index (χ2v) is 9.34. The summed E-state index contributed by atoms with van der Waals surface area (Å²) < 4.78 is 32.9. The molecule has 0 saturated carbocycles. The van der Waals surface area contributed by atoms with Gasteiger partial charge in [0.25, 0.3) is 5.91 Å². The van der Waals surface area contributed by atoms with Gasteiger partial charge in [0.05, 0.1) is 0 Å². The number of sulfonamides is 1. The van der Waals surface area contributed by atoms with Gasteiger partial charge in [-0.1, -0.05) is 36.7 Å². The molecule has 1 saturated heterocycles. The van der Waals surface area contributed by atoms with Crippen LogP contribution in [0.25, 0.3) is 0 Å². The molecule has 156 valence electrons. The molecule has 0 spiro atoms. The van der Waals surface area contributed by atoms with E-state index in [-0.39, 0.29) is 23.2 Å². The Morgan fingerprint density at radius 1 is 1.21 bits per heavy atom. The molecule has 0 bridgehead atoms. The molecule has 0 aromatic heterocycles. The number of rotatable bonds is 7. The number of carbonyl (C=O) groups excluding carboxylic acids is 1. The number of aryl methyl sites for hydroxylation is 2. The Bertz CT molecular complexity index is 1000. The Balaban J connectivity index is 1.77. The van der Waals surface area contributed by atoms with Crippen molar-refractivity contribution in [3.8, 4) is 5.75 Å². The summed E-state index contributed by atoms with van der Waals surface area (Å²) in [7, 11) is -3.72. The molecule has 0 atom stereocenters. The molecule has 2 aromatic carbocycles. The summed E-state index contributed by atoms with van der Waals surface area (Å²) in [5.41, 5.74) is 2.76. The predicted octanol–water partition coefficient (Wildman–Crippen LogP) is 4.01. The van der Waals surface area contributed by atoms with Gasteiger partial charge >= 0.3 is 0 Å². The highest BCUT2D eigenvalue weighted by Crippen LogP contribution is 2.31. The topological polar surface area (TPSA) is 75.7 Å². The van der Waals surface area contributed by atoms with Crippen LogP contribution in [0, 0.1) is 6.92 Å². The number of ether oxygens (including phenoxy) is 1. The maximum Gasteiger partial charge on any atom is 0.262 e. The van der Waals surface area contributed by atoms with Crippen molar-refractivity contribution in [1.82, 2.24) is 4.31 Å². The van der Waals surface area contributed by atoms with Crippen LogP contribution in [0.5, 0.6) is 5.75 Å². The molecule has 0 aliphatic carbocycles. The van der Waals surface area contributed by atoms with Gasteiger partial charge in [-0.15, -0.1) is 0 Å². The average Bonchev–Trinajstić information content (AvgIpc) is 3.24. The molecule has 0 unspecified atom stereocenters. The molecule has 8 heteroatoms. The molecule has 1 N–H and O–H groups in total. The number of para-hydroxylation sites is 1. The first-order valence-electron chi connectivity index (χ1n) is 9.63. The molecule has 1 amide bonds. The lowest BCUT2D eigenvalue weighted by Crippen LogP contribution is -2.29. The SMILES string of the molecule is CCc1cccc(C)c1NC(=O)COc1ccc(Cl)cc1S(=O)(=O)N1CCCC1. The largest absolute Gasteiger partial charge is 0.482 e. The van der Waals surface area contributed by atoms with Crippen molar-refractivity contribution < 1.29 is 17.9 Å². The number of hydrogen-bond donors (Lipinski definition) is 1. The zero-order valence-electron chi connectivity index (χ0n) is 16.6. The van der Waals surface area contributed by atoms with Gasteiger partial charge < -0.3 is 10.1 Å². The first-order chi connectivity index (χ1) is 13.8. The van der Waals surface area contributed by atoms with Crippen molar-refractivity contribution in [2.24, 2.45) is 0 Å². The Kier molecular flexibility index (Phi) is 6.82. The lowest BCUT2D eigenvalue weighted by molar-refractivity contribution is -0.118. The van der Waals surface area contributed by atoms with Gasteiger partial charge in [-0.2, -0.15) is 4.31 Å². The van der Waals surface area contributed by atoms with Crippen LogP contribution < -0.4 is 10.1 Å². The molecule has 2 aromatic rings. The van der Waals surface area contributed by atoms with Crippen LogP contribution in [0.4, 0.5) is 5.69 Å². The molecule has 1 heterocycles. The van der Waals surface area contributed by atoms with Crippen LogP contribution in [0.2, 0.25) is 5.02 Å². The normalized spacial score (nSPS) is 14.7. The number of benzene rings is 2. The third kappa shape index (κ3) is 4.91. The molecule has 1 fully saturated rings. The minimum atomic E-state index is -3.72. The third-order valence-electron chi connectivity index (χ3n) is 4.95. The van der Waals surface area contributed by atoms with E-state index in [4.69, 9.17) is 16.3 Å². The van der Waals surface area contributed by atoms with Gasteiger partial charge in [0.1, 0.15) is 10.6 Å². The number of halogens is 1. The van der Waals surface area contributed by atoms with Crippen LogP contribution in [-0.2, 0) is 21.2 Å². The lowest BCUT2D eigenvalue weighted by atomic mass is 10.1. The van der Waals surface area contributed by atoms with Crippen molar-refractivity contribution >= 4 is 33.2 Å². The molecule has 6 nitrogen and oxygen atoms in total. The van der Waals surface area contributed by atoms with E-state index in [0.717, 1.165) is 36.1 Å². The maximum absolute atomic E-state index is 13.0. The monoisotopic (exact) mass is 436 g/mol. The predicted molar refractivity (Wildman–Crippen MR) is 114 cm³/mol. The summed E-state index contributed by atoms with van der Waals surface area (Å²) in [6.45, 7) is 4.59. The standard InChI is InChI=1S/C21H25ClN2O4S/c1-3-16-8-6-7-15(2)21(16)23-20(25)14-28-18-10-9-17(22)13-19(18)29(26,27)24-11-4-5-12-24/h6-10,13H,3-5,11-12,14H2,1-2H3,(H,23,25). The molecule has 1 aliphatic heterocycles. The minimum Gasteiger partial charge on any atom is -0.482 e. The van der Waals surface area contributed by atoms with Crippen LogP contribution in [-0.4, -0.2) is 38.3 Å². The van der Waals surface area contributed by atoms with Gasteiger partial charge in [0, 0.05) is 23.8 Å². The number of anilines is 1. The van der Waals surface area contributed by atoms with Gasteiger partial charge in [-0.3, -0.25) is 4.79 Å². The molecule has 0 radical (unpaired) electrons.